The van der Waals surface area contributed by atoms with E-state index in [-0.39, 0.29) is 17.9 Å². The molecule has 3 rings (SSSR count). The van der Waals surface area contributed by atoms with Crippen LogP contribution in [0.4, 0.5) is 10.5 Å². The fourth-order valence-corrected chi connectivity index (χ4v) is 3.06. The van der Waals surface area contributed by atoms with Crippen LogP contribution >= 0.6 is 0 Å². The van der Waals surface area contributed by atoms with Crippen LogP contribution in [0.3, 0.4) is 0 Å². The normalized spacial score (nSPS) is 21.4. The molecule has 1 aromatic carbocycles. The predicted molar refractivity (Wildman–Crippen MR) is 80.2 cm³/mol. The van der Waals surface area contributed by atoms with E-state index in [1.807, 2.05) is 31.2 Å². The third kappa shape index (κ3) is 3.54. The van der Waals surface area contributed by atoms with Gasteiger partial charge in [-0.25, -0.2) is 4.79 Å². The highest BCUT2D eigenvalue weighted by atomic mass is 16.7. The quantitative estimate of drug-likeness (QED) is 0.880. The first-order chi connectivity index (χ1) is 10.2. The largest absolute Gasteiger partial charge is 0.348 e. The second-order valence-electron chi connectivity index (χ2n) is 5.85. The predicted octanol–water partition coefficient (Wildman–Crippen LogP) is 2.80. The number of nitrogens with one attached hydrogen (secondary N) is 2. The summed E-state index contributed by atoms with van der Waals surface area (Å²) in [5, 5.41) is 5.91. The Hall–Kier alpha value is -1.59. The van der Waals surface area contributed by atoms with Gasteiger partial charge in [-0.1, -0.05) is 12.1 Å². The number of hydrogen-bond acceptors (Lipinski definition) is 3. The molecule has 2 aliphatic rings. The average Bonchev–Trinajstić information content (AvgIpc) is 2.90. The van der Waals surface area contributed by atoms with Crippen molar-refractivity contribution < 1.29 is 14.3 Å². The van der Waals surface area contributed by atoms with E-state index >= 15 is 0 Å². The fraction of sp³-hybridized carbons (Fsp3) is 0.562. The third-order valence-corrected chi connectivity index (χ3v) is 4.17. The molecule has 2 amide bonds. The average molecular weight is 290 g/mol. The Kier molecular flexibility index (Phi) is 4.12. The van der Waals surface area contributed by atoms with Crippen LogP contribution < -0.4 is 10.6 Å². The summed E-state index contributed by atoms with van der Waals surface area (Å²) >= 11 is 0. The first-order valence-electron chi connectivity index (χ1n) is 7.57. The minimum absolute atomic E-state index is 0.144. The standard InChI is InChI=1S/C16H22N2O3/c1-12-3-2-4-14(11-12)18-15(19)17-13-5-7-16(8-6-13)20-9-10-21-16/h2-4,11,13H,5-10H2,1H3,(H2,17,18,19). The molecule has 5 nitrogen and oxygen atoms in total. The highest BCUT2D eigenvalue weighted by Crippen LogP contribution is 2.35. The van der Waals surface area contributed by atoms with Crippen molar-refractivity contribution in [2.45, 2.75) is 44.4 Å². The van der Waals surface area contributed by atoms with E-state index in [1.165, 1.54) is 0 Å². The van der Waals surface area contributed by atoms with Crippen LogP contribution in [0.25, 0.3) is 0 Å². The van der Waals surface area contributed by atoms with Crippen molar-refractivity contribution >= 4 is 11.7 Å². The molecule has 1 aliphatic heterocycles. The number of carbonyl (C=O) groups excluding carboxylic acids is 1. The Labute approximate surface area is 125 Å². The van der Waals surface area contributed by atoms with Crippen LogP contribution in [0.15, 0.2) is 24.3 Å². The third-order valence-electron chi connectivity index (χ3n) is 4.17. The molecule has 1 saturated carbocycles. The van der Waals surface area contributed by atoms with E-state index in [0.717, 1.165) is 36.9 Å². The maximum Gasteiger partial charge on any atom is 0.319 e. The van der Waals surface area contributed by atoms with Crippen molar-refractivity contribution in [3.05, 3.63) is 29.8 Å². The van der Waals surface area contributed by atoms with E-state index in [0.29, 0.717) is 13.2 Å². The number of benzene rings is 1. The van der Waals surface area contributed by atoms with Crippen LogP contribution in [0.2, 0.25) is 0 Å². The van der Waals surface area contributed by atoms with E-state index in [2.05, 4.69) is 10.6 Å². The van der Waals surface area contributed by atoms with Gasteiger partial charge in [0.1, 0.15) is 0 Å². The molecule has 0 atom stereocenters. The van der Waals surface area contributed by atoms with Gasteiger partial charge in [0, 0.05) is 24.6 Å². The lowest BCUT2D eigenvalue weighted by molar-refractivity contribution is -0.179. The number of rotatable bonds is 2. The number of anilines is 1. The molecule has 21 heavy (non-hydrogen) atoms. The summed E-state index contributed by atoms with van der Waals surface area (Å²) in [5.74, 6) is -0.370. The molecule has 1 saturated heterocycles. The van der Waals surface area contributed by atoms with Crippen molar-refractivity contribution in [1.29, 1.82) is 0 Å². The van der Waals surface area contributed by atoms with Gasteiger partial charge in [0.25, 0.3) is 0 Å². The van der Waals surface area contributed by atoms with Crippen molar-refractivity contribution in [3.8, 4) is 0 Å². The van der Waals surface area contributed by atoms with Gasteiger partial charge >= 0.3 is 6.03 Å². The minimum Gasteiger partial charge on any atom is -0.348 e. The first-order valence-corrected chi connectivity index (χ1v) is 7.57. The summed E-state index contributed by atoms with van der Waals surface area (Å²) in [4.78, 5) is 12.0. The number of ether oxygens (including phenoxy) is 2. The Morgan fingerprint density at radius 3 is 2.62 bits per heavy atom. The highest BCUT2D eigenvalue weighted by Gasteiger charge is 2.40. The molecule has 5 heteroatoms. The summed E-state index contributed by atoms with van der Waals surface area (Å²) in [5.41, 5.74) is 1.95. The zero-order valence-electron chi connectivity index (χ0n) is 12.4. The van der Waals surface area contributed by atoms with E-state index in [9.17, 15) is 4.79 Å². The van der Waals surface area contributed by atoms with E-state index in [1.54, 1.807) is 0 Å². The minimum atomic E-state index is -0.370. The molecular weight excluding hydrogens is 268 g/mol. The second kappa shape index (κ2) is 6.03. The summed E-state index contributed by atoms with van der Waals surface area (Å²) in [6.45, 7) is 3.38. The maximum atomic E-state index is 12.0. The van der Waals surface area contributed by atoms with Crippen LogP contribution in [-0.2, 0) is 9.47 Å². The van der Waals surface area contributed by atoms with Crippen LogP contribution in [-0.4, -0.2) is 31.1 Å². The molecule has 114 valence electrons. The van der Waals surface area contributed by atoms with Gasteiger partial charge in [0.2, 0.25) is 0 Å². The molecule has 0 radical (unpaired) electrons. The Morgan fingerprint density at radius 2 is 1.95 bits per heavy atom. The van der Waals surface area contributed by atoms with Gasteiger partial charge in [-0.05, 0) is 37.5 Å². The van der Waals surface area contributed by atoms with Gasteiger partial charge in [0.05, 0.1) is 13.2 Å². The van der Waals surface area contributed by atoms with Gasteiger partial charge in [0.15, 0.2) is 5.79 Å². The molecular formula is C16H22N2O3. The monoisotopic (exact) mass is 290 g/mol. The second-order valence-corrected chi connectivity index (χ2v) is 5.85. The number of urea groups is 1. The Balaban J connectivity index is 1.47. The van der Waals surface area contributed by atoms with Crippen LogP contribution in [0.5, 0.6) is 0 Å². The zero-order valence-corrected chi connectivity index (χ0v) is 12.4. The summed E-state index contributed by atoms with van der Waals surface area (Å²) in [6, 6.07) is 7.83. The summed E-state index contributed by atoms with van der Waals surface area (Å²) < 4.78 is 11.4. The van der Waals surface area contributed by atoms with Crippen molar-refractivity contribution in [2.24, 2.45) is 0 Å². The topological polar surface area (TPSA) is 59.6 Å². The van der Waals surface area contributed by atoms with Gasteiger partial charge < -0.3 is 20.1 Å². The van der Waals surface area contributed by atoms with E-state index < -0.39 is 0 Å². The molecule has 2 N–H and O–H groups in total. The number of amides is 2. The number of hydrogen-bond donors (Lipinski definition) is 2. The SMILES string of the molecule is Cc1cccc(NC(=O)NC2CCC3(CC2)OCCO3)c1. The van der Waals surface area contributed by atoms with Crippen molar-refractivity contribution in [1.82, 2.24) is 5.32 Å². The zero-order chi connectivity index (χ0) is 14.7. The van der Waals surface area contributed by atoms with E-state index in [4.69, 9.17) is 9.47 Å². The number of aryl methyl sites for hydroxylation is 1. The molecule has 1 heterocycles. The Bertz CT molecular complexity index is 502. The fourth-order valence-electron chi connectivity index (χ4n) is 3.06. The summed E-state index contributed by atoms with van der Waals surface area (Å²) in [6.07, 6.45) is 3.48. The number of carbonyl (C=O) groups is 1. The van der Waals surface area contributed by atoms with Gasteiger partial charge in [-0.2, -0.15) is 0 Å². The summed E-state index contributed by atoms with van der Waals surface area (Å²) in [7, 11) is 0. The lowest BCUT2D eigenvalue weighted by Crippen LogP contribution is -2.45. The maximum absolute atomic E-state index is 12.0. The van der Waals surface area contributed by atoms with Crippen LogP contribution in [0.1, 0.15) is 31.2 Å². The molecule has 1 spiro atoms. The molecule has 1 aromatic rings. The lowest BCUT2D eigenvalue weighted by Gasteiger charge is -2.35. The lowest BCUT2D eigenvalue weighted by atomic mass is 9.90. The van der Waals surface area contributed by atoms with Crippen LogP contribution in [0, 0.1) is 6.92 Å². The van der Waals surface area contributed by atoms with Gasteiger partial charge in [-0.3, -0.25) is 0 Å². The van der Waals surface area contributed by atoms with Gasteiger partial charge in [-0.15, -0.1) is 0 Å². The highest BCUT2D eigenvalue weighted by molar-refractivity contribution is 5.89. The Morgan fingerprint density at radius 1 is 1.24 bits per heavy atom. The molecule has 0 unspecified atom stereocenters. The smallest absolute Gasteiger partial charge is 0.319 e. The first kappa shape index (κ1) is 14.4. The molecule has 0 bridgehead atoms. The molecule has 2 fully saturated rings. The van der Waals surface area contributed by atoms with Crippen molar-refractivity contribution in [3.63, 3.8) is 0 Å². The van der Waals surface area contributed by atoms with Crippen molar-refractivity contribution in [2.75, 3.05) is 18.5 Å². The molecule has 0 aromatic heterocycles. The molecule has 1 aliphatic carbocycles.